The fourth-order valence-corrected chi connectivity index (χ4v) is 5.45. The van der Waals surface area contributed by atoms with E-state index in [-0.39, 0.29) is 47.7 Å². The molecule has 39 heavy (non-hydrogen) atoms. The molecule has 1 atom stereocenters. The van der Waals surface area contributed by atoms with Crippen LogP contribution in [0.25, 0.3) is 11.1 Å². The molecule has 206 valence electrons. The molecule has 0 aliphatic heterocycles. The highest BCUT2D eigenvalue weighted by molar-refractivity contribution is 6.22. The summed E-state index contributed by atoms with van der Waals surface area (Å²) >= 11 is 0. The maximum Gasteiger partial charge on any atom is 0.407 e. The lowest BCUT2D eigenvalue weighted by molar-refractivity contribution is -0.138. The highest BCUT2D eigenvalue weighted by atomic mass is 16.5. The van der Waals surface area contributed by atoms with E-state index in [4.69, 9.17) is 4.74 Å². The van der Waals surface area contributed by atoms with Crippen LogP contribution in [0.5, 0.6) is 0 Å². The molecule has 2 aliphatic carbocycles. The normalized spacial score (nSPS) is 16.9. The first-order valence-corrected chi connectivity index (χ1v) is 13.4. The van der Waals surface area contributed by atoms with E-state index >= 15 is 0 Å². The van der Waals surface area contributed by atoms with Crippen LogP contribution in [-0.2, 0) is 27.4 Å². The minimum Gasteiger partial charge on any atom is -0.511 e. The van der Waals surface area contributed by atoms with Crippen molar-refractivity contribution in [2.75, 3.05) is 6.54 Å². The van der Waals surface area contributed by atoms with Gasteiger partial charge < -0.3 is 20.3 Å². The molecule has 2 aromatic rings. The van der Waals surface area contributed by atoms with Crippen molar-refractivity contribution in [3.63, 3.8) is 0 Å². The third kappa shape index (κ3) is 6.74. The van der Waals surface area contributed by atoms with Crippen LogP contribution >= 0.6 is 0 Å². The summed E-state index contributed by atoms with van der Waals surface area (Å²) in [5.74, 6) is -1.35. The fourth-order valence-electron chi connectivity index (χ4n) is 5.45. The minimum atomic E-state index is -1.09. The van der Waals surface area contributed by atoms with E-state index < -0.39 is 18.1 Å². The van der Waals surface area contributed by atoms with Crippen molar-refractivity contribution in [3.8, 4) is 11.1 Å². The number of hydrogen-bond donors (Lipinski definition) is 3. The van der Waals surface area contributed by atoms with E-state index in [9.17, 15) is 24.6 Å². The van der Waals surface area contributed by atoms with Gasteiger partial charge in [-0.05, 0) is 65.8 Å². The topological polar surface area (TPSA) is 125 Å². The van der Waals surface area contributed by atoms with Crippen molar-refractivity contribution in [2.24, 2.45) is 10.4 Å². The van der Waals surface area contributed by atoms with Crippen LogP contribution < -0.4 is 5.32 Å². The second-order valence-electron chi connectivity index (χ2n) is 11.1. The number of aliphatic hydroxyl groups excluding tert-OH is 1. The van der Waals surface area contributed by atoms with Crippen molar-refractivity contribution in [1.82, 2.24) is 5.32 Å². The second-order valence-corrected chi connectivity index (χ2v) is 11.1. The number of carbonyl (C=O) groups is 3. The van der Waals surface area contributed by atoms with Crippen molar-refractivity contribution < 1.29 is 29.3 Å². The van der Waals surface area contributed by atoms with E-state index in [1.165, 1.54) is 22.3 Å². The number of amides is 1. The van der Waals surface area contributed by atoms with E-state index in [2.05, 4.69) is 28.5 Å². The fraction of sp³-hybridized carbons (Fsp3) is 0.419. The number of nitrogens with zero attached hydrogens (tertiary/aromatic N) is 1. The summed E-state index contributed by atoms with van der Waals surface area (Å²) in [4.78, 5) is 40.8. The number of fused-ring (bicyclic) bond motifs is 3. The van der Waals surface area contributed by atoms with Crippen LogP contribution in [0.3, 0.4) is 0 Å². The Balaban J connectivity index is 1.23. The van der Waals surface area contributed by atoms with Gasteiger partial charge >= 0.3 is 12.1 Å². The molecule has 2 aliphatic rings. The van der Waals surface area contributed by atoms with Crippen LogP contribution in [0.1, 0.15) is 69.6 Å². The summed E-state index contributed by atoms with van der Waals surface area (Å²) in [6, 6.07) is 13.3. The molecule has 4 rings (SSSR count). The van der Waals surface area contributed by atoms with Gasteiger partial charge in [0.15, 0.2) is 5.78 Å². The zero-order valence-corrected chi connectivity index (χ0v) is 22.8. The Bertz CT molecular complexity index is 1340. The summed E-state index contributed by atoms with van der Waals surface area (Å²) in [5, 5.41) is 22.7. The van der Waals surface area contributed by atoms with E-state index in [1.54, 1.807) is 6.92 Å². The number of unbranched alkanes of at least 4 members (excludes halogenated alkanes) is 1. The number of rotatable bonds is 10. The van der Waals surface area contributed by atoms with Gasteiger partial charge in [-0.25, -0.2) is 9.59 Å². The van der Waals surface area contributed by atoms with Crippen molar-refractivity contribution in [1.29, 1.82) is 0 Å². The number of aliphatic imine (C=N–C) groups is 1. The molecular formula is C31H36N2O6. The van der Waals surface area contributed by atoms with Gasteiger partial charge in [0, 0.05) is 25.1 Å². The van der Waals surface area contributed by atoms with Gasteiger partial charge in [0.25, 0.3) is 0 Å². The summed E-state index contributed by atoms with van der Waals surface area (Å²) in [5.41, 5.74) is 5.89. The van der Waals surface area contributed by atoms with E-state index in [0.717, 1.165) is 12.0 Å². The third-order valence-electron chi connectivity index (χ3n) is 7.33. The van der Waals surface area contributed by atoms with Crippen LogP contribution in [0, 0.1) is 5.41 Å². The zero-order valence-electron chi connectivity index (χ0n) is 22.8. The van der Waals surface area contributed by atoms with Crippen LogP contribution in [0.4, 0.5) is 4.79 Å². The lowest BCUT2D eigenvalue weighted by atomic mass is 9.75. The average Bonchev–Trinajstić information content (AvgIpc) is 3.24. The van der Waals surface area contributed by atoms with Crippen molar-refractivity contribution in [3.05, 3.63) is 70.5 Å². The summed E-state index contributed by atoms with van der Waals surface area (Å²) < 4.78 is 5.45. The van der Waals surface area contributed by atoms with Gasteiger partial charge in [0.1, 0.15) is 18.4 Å². The average molecular weight is 533 g/mol. The van der Waals surface area contributed by atoms with Gasteiger partial charge in [-0.1, -0.05) is 56.3 Å². The molecule has 0 radical (unpaired) electrons. The first-order chi connectivity index (χ1) is 18.6. The standard InChI is InChI=1S/C31H36N2O6/c1-19(28-26(34)16-31(2,3)17-27(28)35)33-25(29(36)37)13-6-7-14-32-30(38)39-18-21-10-8-12-23-22-11-5-4-9-20(22)15-24(21)23/h4-5,8-12,25,34H,6-7,13-18H2,1-3H3,(H,32,38)(H,36,37)/t25-/m0/s1. The molecule has 1 amide bonds. The number of allylic oxidation sites excluding steroid dienone is 2. The maximum atomic E-state index is 12.5. The third-order valence-corrected chi connectivity index (χ3v) is 7.33. The number of carboxylic acids is 1. The minimum absolute atomic E-state index is 0.0330. The Morgan fingerprint density at radius 3 is 2.56 bits per heavy atom. The Morgan fingerprint density at radius 2 is 1.82 bits per heavy atom. The van der Waals surface area contributed by atoms with E-state index in [0.29, 0.717) is 25.8 Å². The summed E-state index contributed by atoms with van der Waals surface area (Å²) in [7, 11) is 0. The predicted molar refractivity (Wildman–Crippen MR) is 149 cm³/mol. The number of ether oxygens (including phenoxy) is 1. The number of alkyl carbamates (subject to hydrolysis) is 1. The SMILES string of the molecule is CC(=N[C@@H](CCCCNC(=O)OCc1cccc2c1Cc1ccccc1-2)C(=O)O)C1=C(O)CC(C)(C)CC1=O. The number of carboxylic acid groups (broad SMARTS) is 1. The highest BCUT2D eigenvalue weighted by Crippen LogP contribution is 2.38. The zero-order chi connectivity index (χ0) is 28.2. The molecule has 8 nitrogen and oxygen atoms in total. The van der Waals surface area contributed by atoms with Gasteiger partial charge in [0.05, 0.1) is 5.57 Å². The second kappa shape index (κ2) is 11.8. The monoisotopic (exact) mass is 532 g/mol. The molecule has 8 heteroatoms. The van der Waals surface area contributed by atoms with Gasteiger partial charge in [-0.15, -0.1) is 0 Å². The molecule has 0 unspecified atom stereocenters. The molecule has 0 saturated carbocycles. The summed E-state index contributed by atoms with van der Waals surface area (Å²) in [6.07, 6.45) is 2.22. The highest BCUT2D eigenvalue weighted by Gasteiger charge is 2.34. The smallest absolute Gasteiger partial charge is 0.407 e. The van der Waals surface area contributed by atoms with E-state index in [1.807, 2.05) is 38.1 Å². The molecule has 0 spiro atoms. The number of aliphatic carboxylic acids is 1. The predicted octanol–water partition coefficient (Wildman–Crippen LogP) is 5.77. The summed E-state index contributed by atoms with van der Waals surface area (Å²) in [6.45, 7) is 5.89. The first kappa shape index (κ1) is 28.1. The van der Waals surface area contributed by atoms with Crippen molar-refractivity contribution >= 4 is 23.6 Å². The number of carbonyl (C=O) groups excluding carboxylic acids is 2. The number of hydrogen-bond acceptors (Lipinski definition) is 6. The molecular weight excluding hydrogens is 496 g/mol. The Kier molecular flexibility index (Phi) is 8.53. The molecule has 0 fully saturated rings. The number of Topliss-reactive ketones (excluding diaryl/α,β-unsaturated/α-hetero) is 1. The molecule has 3 N–H and O–H groups in total. The lowest BCUT2D eigenvalue weighted by Gasteiger charge is -2.29. The van der Waals surface area contributed by atoms with Crippen LogP contribution in [0.15, 0.2) is 58.8 Å². The number of benzene rings is 2. The number of ketones is 1. The lowest BCUT2D eigenvalue weighted by Crippen LogP contribution is -2.29. The van der Waals surface area contributed by atoms with Crippen molar-refractivity contribution in [2.45, 2.75) is 71.9 Å². The number of nitrogens with one attached hydrogen (secondary N) is 1. The maximum absolute atomic E-state index is 12.5. The number of aliphatic hydroxyl groups is 1. The quantitative estimate of drug-likeness (QED) is 0.225. The molecule has 0 bridgehead atoms. The van der Waals surface area contributed by atoms with Crippen LogP contribution in [-0.4, -0.2) is 46.4 Å². The molecule has 0 saturated heterocycles. The first-order valence-electron chi connectivity index (χ1n) is 13.4. The molecule has 0 heterocycles. The Morgan fingerprint density at radius 1 is 1.08 bits per heavy atom. The van der Waals surface area contributed by atoms with Gasteiger partial charge in [-0.3, -0.25) is 9.79 Å². The largest absolute Gasteiger partial charge is 0.511 e. The molecule has 0 aromatic heterocycles. The van der Waals surface area contributed by atoms with Crippen LogP contribution in [0.2, 0.25) is 0 Å². The Hall–Kier alpha value is -3.94. The van der Waals surface area contributed by atoms with Gasteiger partial charge in [-0.2, -0.15) is 0 Å². The van der Waals surface area contributed by atoms with Gasteiger partial charge in [0.2, 0.25) is 0 Å². The molecule has 2 aromatic carbocycles. The Labute approximate surface area is 228 Å².